The minimum absolute atomic E-state index is 0.265. The second-order valence-electron chi connectivity index (χ2n) is 6.39. The largest absolute Gasteiger partial charge is 0.445 e. The first-order valence-electron chi connectivity index (χ1n) is 8.38. The lowest BCUT2D eigenvalue weighted by Gasteiger charge is -2.18. The molecule has 0 radical (unpaired) electrons. The highest BCUT2D eigenvalue weighted by atomic mass is 32.1. The molecule has 0 spiro atoms. The number of nitrogens with one attached hydrogen (secondary N) is 2. The number of pyridine rings is 1. The number of benzene rings is 1. The monoisotopic (exact) mass is 369 g/mol. The van der Waals surface area contributed by atoms with Crippen molar-refractivity contribution in [3.63, 3.8) is 0 Å². The summed E-state index contributed by atoms with van der Waals surface area (Å²) in [5.74, 6) is 0.742. The van der Waals surface area contributed by atoms with Gasteiger partial charge in [-0.05, 0) is 30.5 Å². The van der Waals surface area contributed by atoms with Gasteiger partial charge in [0.05, 0.1) is 5.54 Å². The molecular weight excluding hydrogens is 350 g/mol. The van der Waals surface area contributed by atoms with Gasteiger partial charge in [-0.2, -0.15) is 0 Å². The van der Waals surface area contributed by atoms with E-state index in [1.807, 2.05) is 42.5 Å². The van der Waals surface area contributed by atoms with Gasteiger partial charge in [-0.3, -0.25) is 0 Å². The van der Waals surface area contributed by atoms with Crippen molar-refractivity contribution in [2.24, 2.45) is 0 Å². The number of nitrogens with two attached hydrogens (primary N) is 1. The zero-order chi connectivity index (χ0) is 18.0. The van der Waals surface area contributed by atoms with Crippen LogP contribution in [-0.4, -0.2) is 28.1 Å². The summed E-state index contributed by atoms with van der Waals surface area (Å²) < 4.78 is 5.30. The Morgan fingerprint density at radius 1 is 1.19 bits per heavy atom. The molecule has 2 heterocycles. The maximum Gasteiger partial charge on any atom is 0.407 e. The number of nitrogens with zero attached hydrogens (tertiary/aromatic N) is 2. The van der Waals surface area contributed by atoms with E-state index in [4.69, 9.17) is 10.5 Å². The summed E-state index contributed by atoms with van der Waals surface area (Å²) in [4.78, 5) is 21.6. The van der Waals surface area contributed by atoms with Gasteiger partial charge in [0, 0.05) is 6.54 Å². The summed E-state index contributed by atoms with van der Waals surface area (Å²) >= 11 is 1.36. The molecule has 4 rings (SSSR count). The molecule has 0 saturated heterocycles. The fourth-order valence-electron chi connectivity index (χ4n) is 2.66. The lowest BCUT2D eigenvalue weighted by atomic mass is 10.2. The van der Waals surface area contributed by atoms with E-state index in [1.165, 1.54) is 11.3 Å². The molecule has 1 amide bonds. The third kappa shape index (κ3) is 3.85. The maximum atomic E-state index is 12.1. The number of thiazole rings is 1. The molecule has 1 saturated carbocycles. The predicted octanol–water partition coefficient (Wildman–Crippen LogP) is 3.14. The molecule has 3 aromatic rings. The van der Waals surface area contributed by atoms with E-state index in [2.05, 4.69) is 20.6 Å². The Labute approximate surface area is 154 Å². The first-order chi connectivity index (χ1) is 12.6. The molecule has 0 bridgehead atoms. The number of carbonyl (C=O) groups is 1. The summed E-state index contributed by atoms with van der Waals surface area (Å²) in [6.07, 6.45) is 1.43. The van der Waals surface area contributed by atoms with Gasteiger partial charge in [-0.15, -0.1) is 0 Å². The molecule has 1 aliphatic carbocycles. The average molecular weight is 369 g/mol. The second-order valence-corrected chi connectivity index (χ2v) is 7.40. The van der Waals surface area contributed by atoms with E-state index in [0.29, 0.717) is 11.7 Å². The highest BCUT2D eigenvalue weighted by Crippen LogP contribution is 2.35. The van der Waals surface area contributed by atoms with Gasteiger partial charge >= 0.3 is 6.09 Å². The molecule has 1 aromatic carbocycles. The van der Waals surface area contributed by atoms with Crippen molar-refractivity contribution < 1.29 is 9.53 Å². The van der Waals surface area contributed by atoms with Gasteiger partial charge in [0.1, 0.15) is 22.8 Å². The number of amides is 1. The van der Waals surface area contributed by atoms with Crippen molar-refractivity contribution in [2.45, 2.75) is 25.0 Å². The van der Waals surface area contributed by atoms with Crippen LogP contribution in [0, 0.1) is 0 Å². The van der Waals surface area contributed by atoms with Crippen molar-refractivity contribution in [1.82, 2.24) is 15.3 Å². The first-order valence-corrected chi connectivity index (χ1v) is 9.19. The van der Waals surface area contributed by atoms with E-state index < -0.39 is 6.09 Å². The molecule has 2 aromatic heterocycles. The third-order valence-electron chi connectivity index (χ3n) is 4.31. The van der Waals surface area contributed by atoms with E-state index in [9.17, 15) is 4.79 Å². The number of rotatable bonds is 6. The van der Waals surface area contributed by atoms with Crippen LogP contribution in [0.1, 0.15) is 18.4 Å². The zero-order valence-corrected chi connectivity index (χ0v) is 14.9. The lowest BCUT2D eigenvalue weighted by molar-refractivity contribution is 0.135. The fourth-order valence-corrected chi connectivity index (χ4v) is 3.37. The number of ether oxygens (including phenoxy) is 1. The quantitative estimate of drug-likeness (QED) is 0.617. The molecule has 7 nitrogen and oxygen atoms in total. The number of hydrogen-bond acceptors (Lipinski definition) is 7. The molecule has 0 atom stereocenters. The Bertz CT molecular complexity index is 924. The van der Waals surface area contributed by atoms with Crippen LogP contribution in [0.3, 0.4) is 0 Å². The summed E-state index contributed by atoms with van der Waals surface area (Å²) in [5, 5.41) is 6.76. The predicted molar refractivity (Wildman–Crippen MR) is 102 cm³/mol. The third-order valence-corrected chi connectivity index (χ3v) is 5.11. The van der Waals surface area contributed by atoms with E-state index in [0.717, 1.165) is 34.6 Å². The van der Waals surface area contributed by atoms with Crippen LogP contribution in [0.25, 0.3) is 10.3 Å². The van der Waals surface area contributed by atoms with E-state index >= 15 is 0 Å². The molecule has 26 heavy (non-hydrogen) atoms. The van der Waals surface area contributed by atoms with E-state index in [-0.39, 0.29) is 12.1 Å². The van der Waals surface area contributed by atoms with Gasteiger partial charge in [0.15, 0.2) is 5.13 Å². The smallest absolute Gasteiger partial charge is 0.407 e. The van der Waals surface area contributed by atoms with Crippen molar-refractivity contribution >= 4 is 38.7 Å². The molecular formula is C18H19N5O2S. The van der Waals surface area contributed by atoms with Crippen LogP contribution in [0.15, 0.2) is 42.5 Å². The number of nitrogen functional groups attached to an aromatic ring is 1. The SMILES string of the molecule is Nc1nc2ccc(NCC3(NC(=O)OCc4ccccc4)CC3)nc2s1. The lowest BCUT2D eigenvalue weighted by Crippen LogP contribution is -2.42. The van der Waals surface area contributed by atoms with Crippen LogP contribution in [0.5, 0.6) is 0 Å². The molecule has 0 unspecified atom stereocenters. The summed E-state index contributed by atoms with van der Waals surface area (Å²) in [6.45, 7) is 0.863. The molecule has 0 aliphatic heterocycles. The number of carbonyl (C=O) groups excluding carboxylic acids is 1. The standard InChI is InChI=1S/C18H19N5O2S/c19-16-21-13-6-7-14(22-15(13)26-16)20-11-18(8-9-18)23-17(24)25-10-12-4-2-1-3-5-12/h1-7H,8-11H2,(H2,19,21)(H,20,22)(H,23,24). The minimum atomic E-state index is -0.396. The second kappa shape index (κ2) is 6.80. The average Bonchev–Trinajstić information content (AvgIpc) is 3.30. The number of aromatic nitrogens is 2. The normalized spacial score (nSPS) is 14.8. The zero-order valence-electron chi connectivity index (χ0n) is 14.1. The maximum absolute atomic E-state index is 12.1. The van der Waals surface area contributed by atoms with Crippen LogP contribution < -0.4 is 16.4 Å². The fraction of sp³-hybridized carbons (Fsp3) is 0.278. The topological polar surface area (TPSA) is 102 Å². The Kier molecular flexibility index (Phi) is 4.34. The summed E-state index contributed by atoms with van der Waals surface area (Å²) in [5.41, 5.74) is 7.20. The minimum Gasteiger partial charge on any atom is -0.445 e. The molecule has 1 fully saturated rings. The Morgan fingerprint density at radius 3 is 2.77 bits per heavy atom. The van der Waals surface area contributed by atoms with Crippen LogP contribution in [0.4, 0.5) is 15.7 Å². The van der Waals surface area contributed by atoms with Crippen molar-refractivity contribution in [3.8, 4) is 0 Å². The van der Waals surface area contributed by atoms with Crippen molar-refractivity contribution in [1.29, 1.82) is 0 Å². The number of alkyl carbamates (subject to hydrolysis) is 1. The molecule has 8 heteroatoms. The van der Waals surface area contributed by atoms with Gasteiger partial charge in [-0.1, -0.05) is 41.7 Å². The van der Waals surface area contributed by atoms with Crippen LogP contribution in [-0.2, 0) is 11.3 Å². The van der Waals surface area contributed by atoms with Crippen molar-refractivity contribution in [2.75, 3.05) is 17.6 Å². The van der Waals surface area contributed by atoms with Crippen molar-refractivity contribution in [3.05, 3.63) is 48.0 Å². The van der Waals surface area contributed by atoms with Gasteiger partial charge < -0.3 is 21.1 Å². The summed E-state index contributed by atoms with van der Waals surface area (Å²) in [7, 11) is 0. The number of fused-ring (bicyclic) bond motifs is 1. The molecule has 1 aliphatic rings. The summed E-state index contributed by atoms with van der Waals surface area (Å²) in [6, 6.07) is 13.4. The van der Waals surface area contributed by atoms with Crippen LogP contribution in [0.2, 0.25) is 0 Å². The number of hydrogen-bond donors (Lipinski definition) is 3. The first kappa shape index (κ1) is 16.6. The highest BCUT2D eigenvalue weighted by Gasteiger charge is 2.44. The van der Waals surface area contributed by atoms with Gasteiger partial charge in [-0.25, -0.2) is 14.8 Å². The number of anilines is 2. The Balaban J connectivity index is 1.30. The highest BCUT2D eigenvalue weighted by molar-refractivity contribution is 7.21. The van der Waals surface area contributed by atoms with E-state index in [1.54, 1.807) is 0 Å². The molecule has 134 valence electrons. The Morgan fingerprint density at radius 2 is 2.00 bits per heavy atom. The molecule has 4 N–H and O–H groups in total. The van der Waals surface area contributed by atoms with Crippen LogP contribution >= 0.6 is 11.3 Å². The Hall–Kier alpha value is -2.87. The van der Waals surface area contributed by atoms with Gasteiger partial charge in [0.2, 0.25) is 0 Å². The van der Waals surface area contributed by atoms with Gasteiger partial charge in [0.25, 0.3) is 0 Å².